The predicted molar refractivity (Wildman–Crippen MR) is 154 cm³/mol. The molecule has 1 fully saturated rings. The Balaban J connectivity index is 1.51. The molecule has 0 aromatic heterocycles. The van der Waals surface area contributed by atoms with E-state index in [4.69, 9.17) is 10.7 Å². The highest BCUT2D eigenvalue weighted by Crippen LogP contribution is 2.29. The molecule has 1 atom stereocenters. The van der Waals surface area contributed by atoms with E-state index in [0.717, 1.165) is 72.1 Å². The molecular weight excluding hydrogens is 460 g/mol. The number of amidine groups is 1. The molecule has 0 saturated carbocycles. The molecule has 1 aliphatic rings. The van der Waals surface area contributed by atoms with Gasteiger partial charge < -0.3 is 26.2 Å². The number of nitrogens with zero attached hydrogens (tertiary/aromatic N) is 3. The zero-order valence-corrected chi connectivity index (χ0v) is 22.1. The first-order chi connectivity index (χ1) is 17.9. The van der Waals surface area contributed by atoms with Gasteiger partial charge in [0.25, 0.3) is 5.91 Å². The Morgan fingerprint density at radius 2 is 1.86 bits per heavy atom. The van der Waals surface area contributed by atoms with Crippen LogP contribution in [0.3, 0.4) is 0 Å². The molecule has 0 radical (unpaired) electrons. The van der Waals surface area contributed by atoms with E-state index in [0.29, 0.717) is 6.54 Å². The third kappa shape index (κ3) is 6.96. The van der Waals surface area contributed by atoms with Gasteiger partial charge in [0.15, 0.2) is 0 Å². The first kappa shape index (κ1) is 26.4. The standard InChI is InChI=1S/C30H38N6O/c1-22-19-26(14-15-27(22)36-17-8-13-28(36)32-16-18-35(2)3)34-30(37)29(24-10-5-4-6-11-24)33-25-12-7-9-23(20-25)21-31/h4-7,9-12,14-15,19-20,29,33H,8,13,16-18,21,31H2,1-3H3,(H,34,37). The summed E-state index contributed by atoms with van der Waals surface area (Å²) in [5.41, 5.74) is 11.6. The van der Waals surface area contributed by atoms with Crippen molar-refractivity contribution in [3.8, 4) is 0 Å². The monoisotopic (exact) mass is 498 g/mol. The van der Waals surface area contributed by atoms with Crippen LogP contribution in [-0.2, 0) is 11.3 Å². The van der Waals surface area contributed by atoms with Crippen molar-refractivity contribution in [2.24, 2.45) is 10.7 Å². The number of likely N-dealkylation sites (N-methyl/N-ethyl adjacent to an activating group) is 1. The average Bonchev–Trinajstić information content (AvgIpc) is 3.36. The number of nitrogens with two attached hydrogens (primary N) is 1. The largest absolute Gasteiger partial charge is 0.370 e. The summed E-state index contributed by atoms with van der Waals surface area (Å²) in [5, 5.41) is 6.52. The second kappa shape index (κ2) is 12.5. The fourth-order valence-corrected chi connectivity index (χ4v) is 4.61. The van der Waals surface area contributed by atoms with Crippen molar-refractivity contribution in [3.05, 3.63) is 89.5 Å². The molecule has 1 unspecified atom stereocenters. The van der Waals surface area contributed by atoms with Crippen molar-refractivity contribution < 1.29 is 4.79 Å². The fourth-order valence-electron chi connectivity index (χ4n) is 4.61. The van der Waals surface area contributed by atoms with Crippen molar-refractivity contribution in [3.63, 3.8) is 0 Å². The van der Waals surface area contributed by atoms with Crippen molar-refractivity contribution in [1.29, 1.82) is 0 Å². The molecule has 3 aromatic carbocycles. The minimum absolute atomic E-state index is 0.122. The maximum absolute atomic E-state index is 13.5. The topological polar surface area (TPSA) is 86.0 Å². The predicted octanol–water partition coefficient (Wildman–Crippen LogP) is 4.81. The molecule has 7 nitrogen and oxygen atoms in total. The quantitative estimate of drug-likeness (QED) is 0.374. The zero-order valence-electron chi connectivity index (χ0n) is 22.1. The van der Waals surface area contributed by atoms with Gasteiger partial charge in [-0.3, -0.25) is 9.79 Å². The molecule has 1 aliphatic heterocycles. The Bertz CT molecular complexity index is 1220. The van der Waals surface area contributed by atoms with E-state index in [1.165, 1.54) is 0 Å². The minimum atomic E-state index is -0.553. The van der Waals surface area contributed by atoms with Crippen LogP contribution in [0.1, 0.15) is 35.6 Å². The second-order valence-corrected chi connectivity index (χ2v) is 9.74. The number of aryl methyl sites for hydroxylation is 1. The van der Waals surface area contributed by atoms with E-state index < -0.39 is 6.04 Å². The minimum Gasteiger partial charge on any atom is -0.370 e. The number of nitrogens with one attached hydrogen (secondary N) is 2. The lowest BCUT2D eigenvalue weighted by Crippen LogP contribution is -2.28. The number of carbonyl (C=O) groups is 1. The lowest BCUT2D eigenvalue weighted by atomic mass is 10.0. The van der Waals surface area contributed by atoms with Crippen LogP contribution in [0.2, 0.25) is 0 Å². The summed E-state index contributed by atoms with van der Waals surface area (Å²) < 4.78 is 0. The second-order valence-electron chi connectivity index (χ2n) is 9.74. The number of rotatable bonds is 10. The van der Waals surface area contributed by atoms with Crippen LogP contribution < -0.4 is 21.3 Å². The highest BCUT2D eigenvalue weighted by molar-refractivity contribution is 6.01. The van der Waals surface area contributed by atoms with Gasteiger partial charge in [0.05, 0.1) is 6.54 Å². The first-order valence-corrected chi connectivity index (χ1v) is 12.9. The average molecular weight is 499 g/mol. The van der Waals surface area contributed by atoms with Crippen LogP contribution >= 0.6 is 0 Å². The van der Waals surface area contributed by atoms with E-state index in [9.17, 15) is 4.79 Å². The number of benzene rings is 3. The number of hydrogen-bond donors (Lipinski definition) is 3. The molecule has 194 valence electrons. The van der Waals surface area contributed by atoms with Crippen molar-refractivity contribution in [1.82, 2.24) is 4.90 Å². The molecule has 4 rings (SSSR count). The third-order valence-electron chi connectivity index (χ3n) is 6.56. The lowest BCUT2D eigenvalue weighted by Gasteiger charge is -2.23. The molecule has 4 N–H and O–H groups in total. The van der Waals surface area contributed by atoms with Crippen molar-refractivity contribution in [2.45, 2.75) is 32.4 Å². The molecule has 1 heterocycles. The molecule has 1 saturated heterocycles. The van der Waals surface area contributed by atoms with Crippen LogP contribution in [0.25, 0.3) is 0 Å². The number of anilines is 3. The Hall–Kier alpha value is -3.68. The van der Waals surface area contributed by atoms with Gasteiger partial charge >= 0.3 is 0 Å². The van der Waals surface area contributed by atoms with Crippen molar-refractivity contribution >= 4 is 28.8 Å². The normalized spacial score (nSPS) is 15.3. The van der Waals surface area contributed by atoms with Crippen LogP contribution in [0.15, 0.2) is 77.8 Å². The van der Waals surface area contributed by atoms with E-state index >= 15 is 0 Å². The van der Waals surface area contributed by atoms with Crippen LogP contribution in [0, 0.1) is 6.92 Å². The maximum atomic E-state index is 13.5. The van der Waals surface area contributed by atoms with E-state index in [1.54, 1.807) is 0 Å². The molecule has 0 spiro atoms. The van der Waals surface area contributed by atoms with E-state index in [1.807, 2.05) is 66.7 Å². The third-order valence-corrected chi connectivity index (χ3v) is 6.56. The maximum Gasteiger partial charge on any atom is 0.251 e. The number of hydrogen-bond acceptors (Lipinski definition) is 5. The summed E-state index contributed by atoms with van der Waals surface area (Å²) in [6.07, 6.45) is 2.11. The van der Waals surface area contributed by atoms with Gasteiger partial charge in [-0.15, -0.1) is 0 Å². The molecule has 3 aromatic rings. The van der Waals surface area contributed by atoms with Crippen LogP contribution in [0.4, 0.5) is 17.1 Å². The Morgan fingerprint density at radius 1 is 1.05 bits per heavy atom. The summed E-state index contributed by atoms with van der Waals surface area (Å²) in [7, 11) is 4.14. The first-order valence-electron chi connectivity index (χ1n) is 12.9. The Labute approximate surface area is 220 Å². The van der Waals surface area contributed by atoms with E-state index in [2.05, 4.69) is 47.5 Å². The van der Waals surface area contributed by atoms with Gasteiger partial charge in [-0.2, -0.15) is 0 Å². The molecule has 37 heavy (non-hydrogen) atoms. The summed E-state index contributed by atoms with van der Waals surface area (Å²) >= 11 is 0. The lowest BCUT2D eigenvalue weighted by molar-refractivity contribution is -0.117. The number of aliphatic imine (C=N–C) groups is 1. The summed E-state index contributed by atoms with van der Waals surface area (Å²) in [5.74, 6) is 1.03. The van der Waals surface area contributed by atoms with Gasteiger partial charge in [-0.05, 0) is 74.5 Å². The van der Waals surface area contributed by atoms with Gasteiger partial charge in [0.1, 0.15) is 11.9 Å². The van der Waals surface area contributed by atoms with Gasteiger partial charge in [0.2, 0.25) is 0 Å². The Kier molecular flexibility index (Phi) is 8.93. The number of carbonyl (C=O) groups excluding carboxylic acids is 1. The smallest absolute Gasteiger partial charge is 0.251 e. The number of amides is 1. The van der Waals surface area contributed by atoms with Crippen LogP contribution in [-0.4, -0.2) is 50.4 Å². The van der Waals surface area contributed by atoms with E-state index in [-0.39, 0.29) is 5.91 Å². The fraction of sp³-hybridized carbons (Fsp3) is 0.333. The van der Waals surface area contributed by atoms with Gasteiger partial charge in [-0.25, -0.2) is 0 Å². The van der Waals surface area contributed by atoms with Crippen LogP contribution in [0.5, 0.6) is 0 Å². The summed E-state index contributed by atoms with van der Waals surface area (Å²) in [4.78, 5) is 22.8. The molecular formula is C30H38N6O. The highest BCUT2D eigenvalue weighted by Gasteiger charge is 2.23. The van der Waals surface area contributed by atoms with Gasteiger partial charge in [0, 0.05) is 43.1 Å². The van der Waals surface area contributed by atoms with Gasteiger partial charge in [-0.1, -0.05) is 42.5 Å². The molecule has 1 amide bonds. The summed E-state index contributed by atoms with van der Waals surface area (Å²) in [6, 6.07) is 23.2. The molecule has 0 aliphatic carbocycles. The molecule has 7 heteroatoms. The zero-order chi connectivity index (χ0) is 26.2. The van der Waals surface area contributed by atoms with Crippen molar-refractivity contribution in [2.75, 3.05) is 49.3 Å². The SMILES string of the molecule is Cc1cc(NC(=O)C(Nc2cccc(CN)c2)c2ccccc2)ccc1N1CCCC1=NCCN(C)C. The summed E-state index contributed by atoms with van der Waals surface area (Å²) in [6.45, 7) is 5.24. The Morgan fingerprint density at radius 3 is 2.59 bits per heavy atom. The molecule has 0 bridgehead atoms. The highest BCUT2D eigenvalue weighted by atomic mass is 16.2.